The predicted molar refractivity (Wildman–Crippen MR) is 79.9 cm³/mol. The van der Waals surface area contributed by atoms with E-state index in [2.05, 4.69) is 48.3 Å². The standard InChI is InChI=1S/C16H21N3O2/c1-16(2)13-6-4-3-5-12(13)7-8-18(16)9-10-19-14(20)11-17-15(19)21/h3-6H,7-11H2,1-2H3,(H,17,21). The fourth-order valence-electron chi connectivity index (χ4n) is 3.33. The fourth-order valence-corrected chi connectivity index (χ4v) is 3.33. The number of hydrogen-bond donors (Lipinski definition) is 1. The number of nitrogens with zero attached hydrogens (tertiary/aromatic N) is 2. The van der Waals surface area contributed by atoms with Crippen LogP contribution in [0.2, 0.25) is 0 Å². The van der Waals surface area contributed by atoms with Gasteiger partial charge in [-0.25, -0.2) is 4.79 Å². The average molecular weight is 287 g/mol. The number of carbonyl (C=O) groups excluding carboxylic acids is 2. The van der Waals surface area contributed by atoms with Crippen molar-refractivity contribution in [3.05, 3.63) is 35.4 Å². The van der Waals surface area contributed by atoms with Gasteiger partial charge in [-0.05, 0) is 31.4 Å². The first-order valence-corrected chi connectivity index (χ1v) is 7.42. The first kappa shape index (κ1) is 14.1. The van der Waals surface area contributed by atoms with Gasteiger partial charge in [0, 0.05) is 25.2 Å². The summed E-state index contributed by atoms with van der Waals surface area (Å²) in [5.41, 5.74) is 2.66. The van der Waals surface area contributed by atoms with Gasteiger partial charge in [0.2, 0.25) is 5.91 Å². The first-order chi connectivity index (χ1) is 10.00. The molecule has 1 fully saturated rings. The van der Waals surface area contributed by atoms with Gasteiger partial charge in [0.25, 0.3) is 0 Å². The second-order valence-corrected chi connectivity index (χ2v) is 6.16. The Labute approximate surface area is 124 Å². The highest BCUT2D eigenvalue weighted by atomic mass is 16.2. The predicted octanol–water partition coefficient (Wildman–Crippen LogP) is 1.33. The van der Waals surface area contributed by atoms with Gasteiger partial charge in [0.1, 0.15) is 0 Å². The molecule has 0 saturated carbocycles. The average Bonchev–Trinajstić information content (AvgIpc) is 2.78. The molecule has 1 aromatic rings. The van der Waals surface area contributed by atoms with E-state index in [0.717, 1.165) is 13.0 Å². The van der Waals surface area contributed by atoms with E-state index in [-0.39, 0.29) is 24.0 Å². The molecule has 0 bridgehead atoms. The minimum Gasteiger partial charge on any atom is -0.329 e. The maximum atomic E-state index is 11.6. The number of amides is 3. The van der Waals surface area contributed by atoms with Crippen LogP contribution in [0, 0.1) is 0 Å². The van der Waals surface area contributed by atoms with E-state index in [1.165, 1.54) is 16.0 Å². The third-order valence-corrected chi connectivity index (χ3v) is 4.65. The molecular weight excluding hydrogens is 266 g/mol. The van der Waals surface area contributed by atoms with Gasteiger partial charge in [-0.15, -0.1) is 0 Å². The minimum absolute atomic E-state index is 0.0753. The first-order valence-electron chi connectivity index (χ1n) is 7.42. The molecular formula is C16H21N3O2. The Balaban J connectivity index is 1.73. The van der Waals surface area contributed by atoms with Gasteiger partial charge in [0.15, 0.2) is 0 Å². The van der Waals surface area contributed by atoms with E-state index >= 15 is 0 Å². The van der Waals surface area contributed by atoms with Crippen LogP contribution in [0.4, 0.5) is 4.79 Å². The number of urea groups is 1. The summed E-state index contributed by atoms with van der Waals surface area (Å²) in [5, 5.41) is 2.56. The maximum absolute atomic E-state index is 11.6. The molecule has 3 amide bonds. The molecule has 0 aromatic heterocycles. The summed E-state index contributed by atoms with van der Waals surface area (Å²) >= 11 is 0. The van der Waals surface area contributed by atoms with Crippen LogP contribution in [0.25, 0.3) is 0 Å². The normalized spacial score (nSPS) is 21.3. The third kappa shape index (κ3) is 2.42. The van der Waals surface area contributed by atoms with Crippen LogP contribution in [0.3, 0.4) is 0 Å². The number of fused-ring (bicyclic) bond motifs is 1. The number of rotatable bonds is 3. The Morgan fingerprint density at radius 2 is 1.95 bits per heavy atom. The summed E-state index contributed by atoms with van der Waals surface area (Å²) in [6.07, 6.45) is 1.01. The highest BCUT2D eigenvalue weighted by Gasteiger charge is 2.35. The molecule has 1 N–H and O–H groups in total. The molecule has 2 aliphatic rings. The van der Waals surface area contributed by atoms with Crippen molar-refractivity contribution < 1.29 is 9.59 Å². The van der Waals surface area contributed by atoms with E-state index in [9.17, 15) is 9.59 Å². The topological polar surface area (TPSA) is 52.6 Å². The monoisotopic (exact) mass is 287 g/mol. The molecule has 0 spiro atoms. The van der Waals surface area contributed by atoms with Crippen molar-refractivity contribution >= 4 is 11.9 Å². The second-order valence-electron chi connectivity index (χ2n) is 6.16. The van der Waals surface area contributed by atoms with Gasteiger partial charge in [-0.3, -0.25) is 14.6 Å². The Morgan fingerprint density at radius 1 is 1.19 bits per heavy atom. The zero-order chi connectivity index (χ0) is 15.0. The van der Waals surface area contributed by atoms with Crippen molar-refractivity contribution in [1.82, 2.24) is 15.1 Å². The van der Waals surface area contributed by atoms with Crippen LogP contribution in [0.15, 0.2) is 24.3 Å². The zero-order valence-corrected chi connectivity index (χ0v) is 12.6. The Kier molecular flexibility index (Phi) is 3.45. The number of imide groups is 1. The van der Waals surface area contributed by atoms with Crippen LogP contribution >= 0.6 is 0 Å². The van der Waals surface area contributed by atoms with E-state index in [1.54, 1.807) is 0 Å². The fraction of sp³-hybridized carbons (Fsp3) is 0.500. The summed E-state index contributed by atoms with van der Waals surface area (Å²) in [4.78, 5) is 26.9. The largest absolute Gasteiger partial charge is 0.329 e. The lowest BCUT2D eigenvalue weighted by Crippen LogP contribution is -2.50. The van der Waals surface area contributed by atoms with Crippen LogP contribution < -0.4 is 5.32 Å². The van der Waals surface area contributed by atoms with E-state index < -0.39 is 0 Å². The quantitative estimate of drug-likeness (QED) is 0.853. The Morgan fingerprint density at radius 3 is 2.67 bits per heavy atom. The van der Waals surface area contributed by atoms with Crippen molar-refractivity contribution in [2.24, 2.45) is 0 Å². The Hall–Kier alpha value is -1.88. The molecule has 1 aromatic carbocycles. The molecule has 21 heavy (non-hydrogen) atoms. The second kappa shape index (κ2) is 5.15. The molecule has 2 heterocycles. The Bertz CT molecular complexity index is 567. The smallest absolute Gasteiger partial charge is 0.324 e. The highest BCUT2D eigenvalue weighted by Crippen LogP contribution is 2.34. The number of hydrogen-bond acceptors (Lipinski definition) is 3. The van der Waals surface area contributed by atoms with Gasteiger partial charge in [0.05, 0.1) is 6.54 Å². The van der Waals surface area contributed by atoms with Crippen molar-refractivity contribution in [2.45, 2.75) is 25.8 Å². The van der Waals surface area contributed by atoms with E-state index in [4.69, 9.17) is 0 Å². The zero-order valence-electron chi connectivity index (χ0n) is 12.6. The molecule has 0 atom stereocenters. The molecule has 1 saturated heterocycles. The minimum atomic E-state index is -0.268. The summed E-state index contributed by atoms with van der Waals surface area (Å²) in [6, 6.07) is 8.25. The van der Waals surface area contributed by atoms with E-state index in [1.807, 2.05) is 0 Å². The molecule has 5 heteroatoms. The lowest BCUT2D eigenvalue weighted by molar-refractivity contribution is -0.125. The number of benzene rings is 1. The summed E-state index contributed by atoms with van der Waals surface area (Å²) in [7, 11) is 0. The van der Waals surface area contributed by atoms with Gasteiger partial charge >= 0.3 is 6.03 Å². The molecule has 2 aliphatic heterocycles. The molecule has 5 nitrogen and oxygen atoms in total. The summed E-state index contributed by atoms with van der Waals surface area (Å²) < 4.78 is 0. The summed E-state index contributed by atoms with van der Waals surface area (Å²) in [5.74, 6) is -0.129. The highest BCUT2D eigenvalue weighted by molar-refractivity contribution is 6.01. The van der Waals surface area contributed by atoms with Gasteiger partial charge in [-0.2, -0.15) is 0 Å². The van der Waals surface area contributed by atoms with Gasteiger partial charge < -0.3 is 5.32 Å². The van der Waals surface area contributed by atoms with Crippen molar-refractivity contribution in [3.63, 3.8) is 0 Å². The maximum Gasteiger partial charge on any atom is 0.324 e. The molecule has 0 aliphatic carbocycles. The van der Waals surface area contributed by atoms with Crippen LogP contribution in [0.5, 0.6) is 0 Å². The third-order valence-electron chi connectivity index (χ3n) is 4.65. The van der Waals surface area contributed by atoms with Crippen molar-refractivity contribution in [3.8, 4) is 0 Å². The molecule has 0 radical (unpaired) electrons. The SMILES string of the molecule is CC1(C)c2ccccc2CCN1CCN1C(=O)CNC1=O. The van der Waals surface area contributed by atoms with Crippen LogP contribution in [0.1, 0.15) is 25.0 Å². The number of nitrogens with one attached hydrogen (secondary N) is 1. The molecule has 3 rings (SSSR count). The number of carbonyl (C=O) groups is 2. The van der Waals surface area contributed by atoms with Crippen molar-refractivity contribution in [1.29, 1.82) is 0 Å². The van der Waals surface area contributed by atoms with Gasteiger partial charge in [-0.1, -0.05) is 24.3 Å². The van der Waals surface area contributed by atoms with E-state index in [0.29, 0.717) is 13.1 Å². The van der Waals surface area contributed by atoms with Crippen LogP contribution in [-0.2, 0) is 16.8 Å². The lowest BCUT2D eigenvalue weighted by Gasteiger charge is -2.44. The lowest BCUT2D eigenvalue weighted by atomic mass is 9.83. The molecule has 0 unspecified atom stereocenters. The summed E-state index contributed by atoms with van der Waals surface area (Å²) in [6.45, 7) is 6.66. The van der Waals surface area contributed by atoms with Crippen LogP contribution in [-0.4, -0.2) is 47.9 Å². The van der Waals surface area contributed by atoms with Crippen molar-refractivity contribution in [2.75, 3.05) is 26.2 Å². The molecule has 112 valence electrons.